The van der Waals surface area contributed by atoms with Crippen LogP contribution in [0.1, 0.15) is 64.9 Å². The topological polar surface area (TPSA) is 132 Å². The monoisotopic (exact) mass is 624 g/mol. The van der Waals surface area contributed by atoms with Crippen LogP contribution in [0.25, 0.3) is 17.0 Å². The zero-order valence-corrected chi connectivity index (χ0v) is 26.3. The van der Waals surface area contributed by atoms with E-state index < -0.39 is 11.8 Å². The molecule has 5 rings (SSSR count). The molecule has 3 N–H and O–H groups in total. The Morgan fingerprint density at radius 3 is 2.87 bits per heavy atom. The van der Waals surface area contributed by atoms with Gasteiger partial charge in [-0.25, -0.2) is 28.4 Å². The summed E-state index contributed by atoms with van der Waals surface area (Å²) in [4.78, 5) is 13.7. The van der Waals surface area contributed by atoms with Crippen LogP contribution in [0.3, 0.4) is 0 Å². The van der Waals surface area contributed by atoms with Gasteiger partial charge in [0.2, 0.25) is 11.8 Å². The van der Waals surface area contributed by atoms with Crippen LogP contribution < -0.4 is 20.1 Å². The van der Waals surface area contributed by atoms with Crippen LogP contribution in [0.2, 0.25) is 0 Å². The second kappa shape index (κ2) is 14.3. The number of aromatic nitrogens is 5. The number of nitrogens with one attached hydrogen (secondary N) is 3. The minimum atomic E-state index is -2.63. The van der Waals surface area contributed by atoms with E-state index >= 15 is 0 Å². The Balaban J connectivity index is 1.43. The third kappa shape index (κ3) is 7.75. The Bertz CT molecular complexity index is 1530. The highest BCUT2D eigenvalue weighted by Crippen LogP contribution is 2.37. The van der Waals surface area contributed by atoms with Crippen molar-refractivity contribution < 1.29 is 23.0 Å². The third-order valence-electron chi connectivity index (χ3n) is 8.18. The number of alkyl halides is 2. The van der Waals surface area contributed by atoms with Gasteiger partial charge >= 0.3 is 0 Å². The fraction of sp³-hybridized carbons (Fsp3) is 0.531. The summed E-state index contributed by atoms with van der Waals surface area (Å²) in [6.45, 7) is 7.14. The zero-order chi connectivity index (χ0) is 32.0. The van der Waals surface area contributed by atoms with Gasteiger partial charge in [-0.05, 0) is 46.1 Å². The average molecular weight is 625 g/mol. The van der Waals surface area contributed by atoms with Crippen LogP contribution in [0.15, 0.2) is 36.3 Å². The van der Waals surface area contributed by atoms with E-state index in [0.717, 1.165) is 5.57 Å². The first-order valence-electron chi connectivity index (χ1n) is 15.6. The lowest BCUT2D eigenvalue weighted by molar-refractivity contribution is -0.0812. The summed E-state index contributed by atoms with van der Waals surface area (Å²) in [5.74, 6) is -0.675. The van der Waals surface area contributed by atoms with E-state index in [9.17, 15) is 8.78 Å². The first-order chi connectivity index (χ1) is 21.7. The van der Waals surface area contributed by atoms with Gasteiger partial charge in [-0.1, -0.05) is 12.0 Å². The third-order valence-corrected chi connectivity index (χ3v) is 8.18. The van der Waals surface area contributed by atoms with Crippen LogP contribution in [-0.4, -0.2) is 69.0 Å². The fourth-order valence-corrected chi connectivity index (χ4v) is 5.69. The number of piperidine rings is 1. The van der Waals surface area contributed by atoms with E-state index in [4.69, 9.17) is 19.6 Å². The quantitative estimate of drug-likeness (QED) is 0.153. The average Bonchev–Trinajstić information content (AvgIpc) is 3.37. The first kappa shape index (κ1) is 32.3. The predicted molar refractivity (Wildman–Crippen MR) is 168 cm³/mol. The molecule has 2 aliphatic rings. The Morgan fingerprint density at radius 1 is 1.22 bits per heavy atom. The van der Waals surface area contributed by atoms with Crippen LogP contribution >= 0.6 is 0 Å². The largest absolute Gasteiger partial charge is 0.490 e. The molecule has 4 bridgehead atoms. The smallest absolute Gasteiger partial charge is 0.253 e. The van der Waals surface area contributed by atoms with Gasteiger partial charge in [-0.2, -0.15) is 5.10 Å². The normalized spacial score (nSPS) is 20.0. The van der Waals surface area contributed by atoms with Crippen molar-refractivity contribution in [3.05, 3.63) is 41.9 Å². The van der Waals surface area contributed by atoms with Crippen molar-refractivity contribution in [2.24, 2.45) is 13.0 Å². The Kier molecular flexibility index (Phi) is 10.3. The van der Waals surface area contributed by atoms with Crippen molar-refractivity contribution in [1.82, 2.24) is 30.0 Å². The number of hydrogen-bond donors (Lipinski definition) is 3. The second-order valence-electron chi connectivity index (χ2n) is 11.6. The molecule has 5 heterocycles. The number of fused-ring (bicyclic) bond motifs is 6. The molecule has 13 heteroatoms. The Morgan fingerprint density at radius 2 is 2.07 bits per heavy atom. The summed E-state index contributed by atoms with van der Waals surface area (Å²) in [5.41, 5.74) is 2.80. The second-order valence-corrected chi connectivity index (χ2v) is 11.6. The molecule has 1 fully saturated rings. The number of rotatable bonds is 8. The maximum Gasteiger partial charge on any atom is 0.253 e. The number of anilines is 2. The summed E-state index contributed by atoms with van der Waals surface area (Å²) >= 11 is 0. The van der Waals surface area contributed by atoms with Gasteiger partial charge < -0.3 is 24.8 Å². The molecule has 0 spiro atoms. The molecule has 0 saturated carbocycles. The summed E-state index contributed by atoms with van der Waals surface area (Å²) in [6, 6.07) is 3.53. The molecular formula is C32H42F2N8O3. The van der Waals surface area contributed by atoms with E-state index in [1.807, 2.05) is 20.8 Å². The number of unbranched alkanes of at least 4 members (excludes halogenated alkanes) is 1. The molecular weight excluding hydrogens is 582 g/mol. The molecule has 0 aliphatic carbocycles. The van der Waals surface area contributed by atoms with Crippen LogP contribution in [-0.2, 0) is 11.8 Å². The SMILES string of the molecule is CCOC(=N)/C(=C(/C)CCCCC1CNCCC1(F)F)c1cnc2cc1O[C@@H](C)CCOc1c(cnn1C)-c1nccc(n1)N2. The summed E-state index contributed by atoms with van der Waals surface area (Å²) in [6.07, 6.45) is 7.66. The van der Waals surface area contributed by atoms with E-state index in [1.165, 1.54) is 0 Å². The first-order valence-corrected chi connectivity index (χ1v) is 15.6. The van der Waals surface area contributed by atoms with E-state index in [0.29, 0.717) is 104 Å². The molecule has 1 saturated heterocycles. The summed E-state index contributed by atoms with van der Waals surface area (Å²) in [5, 5.41) is 19.5. The van der Waals surface area contributed by atoms with Crippen molar-refractivity contribution in [3.63, 3.8) is 0 Å². The van der Waals surface area contributed by atoms with Gasteiger partial charge in [-0.3, -0.25) is 5.41 Å². The number of ether oxygens (including phenoxy) is 3. The molecule has 3 aromatic rings. The van der Waals surface area contributed by atoms with Gasteiger partial charge in [0.05, 0.1) is 25.5 Å². The lowest BCUT2D eigenvalue weighted by atomic mass is 9.89. The van der Waals surface area contributed by atoms with Gasteiger partial charge in [0.1, 0.15) is 22.9 Å². The molecule has 0 amide bonds. The molecule has 1 unspecified atom stereocenters. The lowest BCUT2D eigenvalue weighted by Crippen LogP contribution is -2.44. The standard InChI is InChI=1S/C32H42F2N8O3/c1-5-43-29(35)28(20(2)8-6-7-9-22-17-36-14-12-32(22,33)34)23-18-38-27-16-25(23)45-21(3)11-15-44-31-24(19-39-42(31)4)30-37-13-10-26(40-27)41-30/h10,13,16,18-19,21-22,35-36H,5-9,11-12,14-15,17H2,1-4H3,(H,37,38,40,41)/b28-20-,35-29?/t21-,22?/m0/s1. The zero-order valence-electron chi connectivity index (χ0n) is 26.3. The predicted octanol–water partition coefficient (Wildman–Crippen LogP) is 6.16. The highest BCUT2D eigenvalue weighted by atomic mass is 19.3. The van der Waals surface area contributed by atoms with Crippen LogP contribution in [0.5, 0.6) is 11.6 Å². The number of halogens is 2. The summed E-state index contributed by atoms with van der Waals surface area (Å²) < 4.78 is 48.6. The van der Waals surface area contributed by atoms with E-state index in [2.05, 4.69) is 30.7 Å². The number of pyridine rings is 1. The number of aryl methyl sites for hydroxylation is 1. The van der Waals surface area contributed by atoms with Gasteiger partial charge in [0.15, 0.2) is 5.82 Å². The van der Waals surface area contributed by atoms with Crippen LogP contribution in [0, 0.1) is 11.3 Å². The summed E-state index contributed by atoms with van der Waals surface area (Å²) in [7, 11) is 1.80. The van der Waals surface area contributed by atoms with E-state index in [1.54, 1.807) is 42.5 Å². The van der Waals surface area contributed by atoms with Gasteiger partial charge in [0.25, 0.3) is 5.92 Å². The molecule has 45 heavy (non-hydrogen) atoms. The maximum absolute atomic E-state index is 14.3. The molecule has 0 radical (unpaired) electrons. The molecule has 2 atom stereocenters. The molecule has 0 aromatic carbocycles. The Hall–Kier alpha value is -4.13. The number of nitrogens with zero attached hydrogens (tertiary/aromatic N) is 5. The highest BCUT2D eigenvalue weighted by molar-refractivity contribution is 6.19. The van der Waals surface area contributed by atoms with Crippen molar-refractivity contribution in [2.45, 2.75) is 71.3 Å². The number of hydrogen-bond acceptors (Lipinski definition) is 10. The van der Waals surface area contributed by atoms with Crippen molar-refractivity contribution in [2.75, 3.05) is 31.6 Å². The van der Waals surface area contributed by atoms with Crippen molar-refractivity contribution in [3.8, 4) is 23.0 Å². The van der Waals surface area contributed by atoms with E-state index in [-0.39, 0.29) is 18.4 Å². The molecule has 3 aromatic heterocycles. The number of allylic oxidation sites excluding steroid dienone is 1. The van der Waals surface area contributed by atoms with Crippen molar-refractivity contribution >= 4 is 23.1 Å². The van der Waals surface area contributed by atoms with Crippen LogP contribution in [0.4, 0.5) is 20.4 Å². The Labute approximate surface area is 262 Å². The molecule has 242 valence electrons. The maximum atomic E-state index is 14.3. The van der Waals surface area contributed by atoms with Gasteiger partial charge in [-0.15, -0.1) is 0 Å². The molecule has 11 nitrogen and oxygen atoms in total. The minimum absolute atomic E-state index is 0.0138. The minimum Gasteiger partial charge on any atom is -0.490 e. The van der Waals surface area contributed by atoms with Crippen molar-refractivity contribution in [1.29, 1.82) is 5.41 Å². The molecule has 2 aliphatic heterocycles. The van der Waals surface area contributed by atoms with Gasteiger partial charge in [0, 0.05) is 68.5 Å². The highest BCUT2D eigenvalue weighted by Gasteiger charge is 2.40. The lowest BCUT2D eigenvalue weighted by Gasteiger charge is -2.31. The fourth-order valence-electron chi connectivity index (χ4n) is 5.69.